The zero-order valence-corrected chi connectivity index (χ0v) is 24.4. The van der Waals surface area contributed by atoms with E-state index in [0.29, 0.717) is 6.54 Å². The molecule has 9 heteroatoms. The topological polar surface area (TPSA) is 108 Å². The van der Waals surface area contributed by atoms with Gasteiger partial charge >= 0.3 is 6.09 Å². The maximum atomic E-state index is 13.8. The van der Waals surface area contributed by atoms with Crippen molar-refractivity contribution < 1.29 is 24.2 Å². The number of thioether (sulfide) groups is 1. The molecule has 41 heavy (non-hydrogen) atoms. The molecule has 3 atom stereocenters. The van der Waals surface area contributed by atoms with Gasteiger partial charge in [-0.2, -0.15) is 0 Å². The summed E-state index contributed by atoms with van der Waals surface area (Å²) in [5.74, 6) is -0.677. The normalized spacial score (nSPS) is 17.4. The van der Waals surface area contributed by atoms with Crippen LogP contribution in [0.1, 0.15) is 36.1 Å². The van der Waals surface area contributed by atoms with Crippen LogP contribution in [0.4, 0.5) is 4.79 Å². The molecular formula is C32H37N3O5S. The first kappa shape index (κ1) is 30.1. The molecule has 3 N–H and O–H groups in total. The molecule has 1 fully saturated rings. The van der Waals surface area contributed by atoms with Gasteiger partial charge in [-0.15, -0.1) is 11.8 Å². The molecular weight excluding hydrogens is 538 g/mol. The van der Waals surface area contributed by atoms with Gasteiger partial charge in [-0.05, 0) is 49.4 Å². The Morgan fingerprint density at radius 1 is 0.976 bits per heavy atom. The predicted octanol–water partition coefficient (Wildman–Crippen LogP) is 4.19. The highest BCUT2D eigenvalue weighted by atomic mass is 32.2. The predicted molar refractivity (Wildman–Crippen MR) is 160 cm³/mol. The Balaban J connectivity index is 1.48. The quantitative estimate of drug-likeness (QED) is 0.335. The van der Waals surface area contributed by atoms with Crippen molar-refractivity contribution >= 4 is 29.7 Å². The van der Waals surface area contributed by atoms with E-state index in [1.807, 2.05) is 106 Å². The highest BCUT2D eigenvalue weighted by Crippen LogP contribution is 2.40. The largest absolute Gasteiger partial charge is 0.445 e. The van der Waals surface area contributed by atoms with Gasteiger partial charge in [0, 0.05) is 11.3 Å². The molecule has 4 rings (SSSR count). The number of aliphatic hydroxyl groups excluding tert-OH is 1. The second-order valence-corrected chi connectivity index (χ2v) is 12.3. The number of alkyl carbamates (subject to hydrolysis) is 1. The number of hydrogen-bond donors (Lipinski definition) is 3. The molecule has 216 valence electrons. The number of aliphatic hydroxyl groups is 1. The second-order valence-electron chi connectivity index (χ2n) is 10.7. The highest BCUT2D eigenvalue weighted by Gasteiger charge is 2.49. The van der Waals surface area contributed by atoms with Crippen LogP contribution in [0.3, 0.4) is 0 Å². The van der Waals surface area contributed by atoms with Crippen LogP contribution < -0.4 is 10.6 Å². The van der Waals surface area contributed by atoms with Crippen LogP contribution in [0.15, 0.2) is 84.9 Å². The van der Waals surface area contributed by atoms with E-state index in [-0.39, 0.29) is 24.8 Å². The minimum Gasteiger partial charge on any atom is -0.445 e. The van der Waals surface area contributed by atoms with Gasteiger partial charge in [-0.25, -0.2) is 4.79 Å². The lowest BCUT2D eigenvalue weighted by molar-refractivity contribution is -0.147. The number of rotatable bonds is 10. The van der Waals surface area contributed by atoms with E-state index in [2.05, 4.69) is 10.6 Å². The third kappa shape index (κ3) is 7.89. The van der Waals surface area contributed by atoms with Crippen molar-refractivity contribution in [2.75, 3.05) is 5.88 Å². The second kappa shape index (κ2) is 13.7. The molecule has 8 nitrogen and oxygen atoms in total. The molecule has 3 amide bonds. The highest BCUT2D eigenvalue weighted by molar-refractivity contribution is 8.00. The molecule has 0 aromatic heterocycles. The average Bonchev–Trinajstić information content (AvgIpc) is 3.30. The zero-order chi connectivity index (χ0) is 29.4. The standard InChI is InChI=1S/C32H37N3O5S/c1-22-12-10-11-17-25(22)19-33-29(37)28-32(2,3)41-21-35(28)30(38)27(36)26(18-23-13-6-4-7-14-23)34-31(39)40-20-24-15-8-5-9-16-24/h4-17,26-28,36H,18-21H2,1-3H3,(H,33,37)(H,34,39)/t26-,27-,28+/m0/s1. The molecule has 1 heterocycles. The van der Waals surface area contributed by atoms with Gasteiger partial charge in [-0.3, -0.25) is 9.59 Å². The first-order valence-corrected chi connectivity index (χ1v) is 14.6. The summed E-state index contributed by atoms with van der Waals surface area (Å²) < 4.78 is 4.79. The summed E-state index contributed by atoms with van der Waals surface area (Å²) in [5.41, 5.74) is 3.69. The van der Waals surface area contributed by atoms with Crippen LogP contribution in [-0.2, 0) is 33.9 Å². The summed E-state index contributed by atoms with van der Waals surface area (Å²) >= 11 is 1.47. The molecule has 0 radical (unpaired) electrons. The van der Waals surface area contributed by atoms with Gasteiger partial charge in [0.2, 0.25) is 5.91 Å². The van der Waals surface area contributed by atoms with E-state index in [4.69, 9.17) is 4.74 Å². The van der Waals surface area contributed by atoms with Crippen molar-refractivity contribution in [3.63, 3.8) is 0 Å². The van der Waals surface area contributed by atoms with Crippen molar-refractivity contribution in [2.45, 2.75) is 63.3 Å². The number of amides is 3. The Bertz CT molecular complexity index is 1340. The number of benzene rings is 3. The third-order valence-corrected chi connectivity index (χ3v) is 8.61. The van der Waals surface area contributed by atoms with Crippen molar-refractivity contribution in [3.8, 4) is 0 Å². The Hall–Kier alpha value is -3.82. The number of nitrogens with zero attached hydrogens (tertiary/aromatic N) is 1. The molecule has 0 saturated carbocycles. The Morgan fingerprint density at radius 3 is 2.24 bits per heavy atom. The van der Waals surface area contributed by atoms with Crippen molar-refractivity contribution in [1.82, 2.24) is 15.5 Å². The first-order chi connectivity index (χ1) is 19.7. The molecule has 3 aromatic rings. The van der Waals surface area contributed by atoms with Crippen molar-refractivity contribution in [1.29, 1.82) is 0 Å². The SMILES string of the molecule is Cc1ccccc1CNC(=O)[C@H]1N(C(=O)[C@@H](O)[C@H](Cc2ccccc2)NC(=O)OCc2ccccc2)CSC1(C)C. The minimum atomic E-state index is -1.60. The number of hydrogen-bond acceptors (Lipinski definition) is 6. The van der Waals surface area contributed by atoms with Crippen LogP contribution in [0.25, 0.3) is 0 Å². The maximum absolute atomic E-state index is 13.8. The fourth-order valence-electron chi connectivity index (χ4n) is 4.87. The van der Waals surface area contributed by atoms with E-state index in [0.717, 1.165) is 22.3 Å². The third-order valence-electron chi connectivity index (χ3n) is 7.24. The average molecular weight is 576 g/mol. The Labute approximate surface area is 245 Å². The number of nitrogens with one attached hydrogen (secondary N) is 2. The molecule has 0 bridgehead atoms. The molecule has 0 aliphatic carbocycles. The molecule has 0 unspecified atom stereocenters. The van der Waals surface area contributed by atoms with Gasteiger partial charge in [0.1, 0.15) is 12.6 Å². The van der Waals surface area contributed by atoms with Gasteiger partial charge < -0.3 is 25.4 Å². The van der Waals surface area contributed by atoms with Gasteiger partial charge in [-0.1, -0.05) is 84.9 Å². The smallest absolute Gasteiger partial charge is 0.407 e. The molecule has 1 aliphatic rings. The fraction of sp³-hybridized carbons (Fsp3) is 0.344. The van der Waals surface area contributed by atoms with E-state index in [1.165, 1.54) is 16.7 Å². The van der Waals surface area contributed by atoms with Gasteiger partial charge in [0.15, 0.2) is 6.10 Å². The maximum Gasteiger partial charge on any atom is 0.407 e. The summed E-state index contributed by atoms with van der Waals surface area (Å²) in [4.78, 5) is 41.4. The van der Waals surface area contributed by atoms with E-state index in [9.17, 15) is 19.5 Å². The number of aryl methyl sites for hydroxylation is 1. The van der Waals surface area contributed by atoms with Crippen LogP contribution >= 0.6 is 11.8 Å². The summed E-state index contributed by atoms with van der Waals surface area (Å²) in [7, 11) is 0. The van der Waals surface area contributed by atoms with Gasteiger partial charge in [0.05, 0.1) is 11.9 Å². The molecule has 3 aromatic carbocycles. The lowest BCUT2D eigenvalue weighted by Gasteiger charge is -2.33. The Kier molecular flexibility index (Phi) is 10.1. The van der Waals surface area contributed by atoms with Crippen LogP contribution in [0.2, 0.25) is 0 Å². The van der Waals surface area contributed by atoms with E-state index >= 15 is 0 Å². The van der Waals surface area contributed by atoms with E-state index in [1.54, 1.807) is 0 Å². The van der Waals surface area contributed by atoms with Crippen LogP contribution in [0, 0.1) is 6.92 Å². The van der Waals surface area contributed by atoms with Gasteiger partial charge in [0.25, 0.3) is 5.91 Å². The summed E-state index contributed by atoms with van der Waals surface area (Å²) in [6.07, 6.45) is -2.14. The van der Waals surface area contributed by atoms with E-state index < -0.39 is 34.9 Å². The van der Waals surface area contributed by atoms with Crippen LogP contribution in [-0.4, -0.2) is 56.7 Å². The lowest BCUT2D eigenvalue weighted by atomic mass is 9.97. The number of carbonyl (C=O) groups is 3. The molecule has 0 spiro atoms. The van der Waals surface area contributed by atoms with Crippen molar-refractivity contribution in [3.05, 3.63) is 107 Å². The Morgan fingerprint density at radius 2 is 1.59 bits per heavy atom. The molecule has 1 aliphatic heterocycles. The summed E-state index contributed by atoms with van der Waals surface area (Å²) in [6.45, 7) is 6.19. The monoisotopic (exact) mass is 575 g/mol. The zero-order valence-electron chi connectivity index (χ0n) is 23.6. The first-order valence-electron chi connectivity index (χ1n) is 13.6. The lowest BCUT2D eigenvalue weighted by Crippen LogP contribution is -2.58. The summed E-state index contributed by atoms with van der Waals surface area (Å²) in [6, 6.07) is 24.5. The number of carbonyl (C=O) groups excluding carboxylic acids is 3. The minimum absolute atomic E-state index is 0.0505. The fourth-order valence-corrected chi connectivity index (χ4v) is 6.01. The van der Waals surface area contributed by atoms with Crippen LogP contribution in [0.5, 0.6) is 0 Å². The van der Waals surface area contributed by atoms with Crippen molar-refractivity contribution in [2.24, 2.45) is 0 Å². The number of ether oxygens (including phenoxy) is 1. The molecule has 1 saturated heterocycles. The summed E-state index contributed by atoms with van der Waals surface area (Å²) in [5, 5.41) is 17.0.